The fourth-order valence-electron chi connectivity index (χ4n) is 4.28. The summed E-state index contributed by atoms with van der Waals surface area (Å²) < 4.78 is 12.4. The third-order valence-corrected chi connectivity index (χ3v) is 6.11. The maximum absolute atomic E-state index is 12.4. The second-order valence-corrected chi connectivity index (χ2v) is 8.76. The summed E-state index contributed by atoms with van der Waals surface area (Å²) in [6.45, 7) is 5.26. The lowest BCUT2D eigenvalue weighted by Gasteiger charge is -2.39. The predicted molar refractivity (Wildman–Crippen MR) is 146 cm³/mol. The number of nitrogens with zero attached hydrogens (tertiary/aromatic N) is 4. The van der Waals surface area contributed by atoms with E-state index in [1.165, 1.54) is 6.08 Å². The maximum atomic E-state index is 12.4. The van der Waals surface area contributed by atoms with E-state index in [-0.39, 0.29) is 18.6 Å². The highest BCUT2D eigenvalue weighted by Crippen LogP contribution is 2.32. The van der Waals surface area contributed by atoms with Gasteiger partial charge in [-0.25, -0.2) is 14.4 Å². The van der Waals surface area contributed by atoms with Crippen molar-refractivity contribution in [2.24, 2.45) is 0 Å². The van der Waals surface area contributed by atoms with Gasteiger partial charge in [0.2, 0.25) is 11.9 Å². The molecule has 188 valence electrons. The van der Waals surface area contributed by atoms with Crippen molar-refractivity contribution < 1.29 is 9.18 Å². The molecule has 1 aliphatic heterocycles. The first-order valence-corrected chi connectivity index (χ1v) is 11.9. The van der Waals surface area contributed by atoms with Crippen LogP contribution in [0.1, 0.15) is 0 Å². The number of likely N-dealkylation sites (tertiary alicyclic amines) is 1. The minimum absolute atomic E-state index is 0.267. The first-order valence-electron chi connectivity index (χ1n) is 11.9. The van der Waals surface area contributed by atoms with Gasteiger partial charge in [0.25, 0.3) is 0 Å². The molecular weight excluding hydrogens is 471 g/mol. The number of nitrogen functional groups attached to an aromatic ring is 1. The van der Waals surface area contributed by atoms with Crippen molar-refractivity contribution in [3.05, 3.63) is 73.4 Å². The molecule has 37 heavy (non-hydrogen) atoms. The highest BCUT2D eigenvalue weighted by atomic mass is 19.1. The van der Waals surface area contributed by atoms with Crippen molar-refractivity contribution in [1.29, 1.82) is 0 Å². The van der Waals surface area contributed by atoms with Crippen LogP contribution >= 0.6 is 0 Å². The number of halogens is 1. The van der Waals surface area contributed by atoms with Gasteiger partial charge in [-0.2, -0.15) is 4.98 Å². The van der Waals surface area contributed by atoms with Crippen LogP contribution in [-0.2, 0) is 4.79 Å². The summed E-state index contributed by atoms with van der Waals surface area (Å²) in [7, 11) is 0. The molecule has 10 heteroatoms. The average Bonchev–Trinajstić information content (AvgIpc) is 2.88. The lowest BCUT2D eigenvalue weighted by Crippen LogP contribution is -2.55. The number of nitrogens with one attached hydrogen (secondary N) is 3. The molecule has 2 aromatic heterocycles. The molecule has 1 saturated heterocycles. The van der Waals surface area contributed by atoms with Gasteiger partial charge in [-0.1, -0.05) is 30.8 Å². The summed E-state index contributed by atoms with van der Waals surface area (Å²) in [4.78, 5) is 27.4. The van der Waals surface area contributed by atoms with E-state index in [9.17, 15) is 9.18 Å². The van der Waals surface area contributed by atoms with Gasteiger partial charge >= 0.3 is 0 Å². The fourth-order valence-corrected chi connectivity index (χ4v) is 4.28. The van der Waals surface area contributed by atoms with Crippen LogP contribution in [0.2, 0.25) is 0 Å². The van der Waals surface area contributed by atoms with E-state index in [2.05, 4.69) is 37.4 Å². The maximum Gasteiger partial charge on any atom is 0.247 e. The van der Waals surface area contributed by atoms with E-state index < -0.39 is 0 Å². The third kappa shape index (κ3) is 5.49. The first kappa shape index (κ1) is 24.1. The molecule has 1 aliphatic rings. The number of amides is 1. The van der Waals surface area contributed by atoms with Gasteiger partial charge in [0.1, 0.15) is 18.3 Å². The minimum Gasteiger partial charge on any atom is -0.383 e. The Balaban J connectivity index is 1.36. The molecule has 0 saturated carbocycles. The van der Waals surface area contributed by atoms with E-state index in [0.717, 1.165) is 35.4 Å². The van der Waals surface area contributed by atoms with Crippen molar-refractivity contribution in [3.63, 3.8) is 0 Å². The van der Waals surface area contributed by atoms with Crippen molar-refractivity contribution in [2.75, 3.05) is 48.0 Å². The van der Waals surface area contributed by atoms with Crippen molar-refractivity contribution in [3.8, 4) is 11.1 Å². The van der Waals surface area contributed by atoms with Gasteiger partial charge in [-0.15, -0.1) is 0 Å². The Morgan fingerprint density at radius 3 is 2.73 bits per heavy atom. The van der Waals surface area contributed by atoms with Crippen LogP contribution in [0.3, 0.4) is 0 Å². The zero-order chi connectivity index (χ0) is 25.8. The molecule has 0 radical (unpaired) electrons. The minimum atomic E-state index is -0.325. The molecule has 5 rings (SSSR count). The Bertz CT molecular complexity index is 1440. The zero-order valence-corrected chi connectivity index (χ0v) is 20.1. The van der Waals surface area contributed by atoms with Crippen LogP contribution in [-0.4, -0.2) is 58.1 Å². The zero-order valence-electron chi connectivity index (χ0n) is 20.1. The highest BCUT2D eigenvalue weighted by Gasteiger charge is 2.26. The largest absolute Gasteiger partial charge is 0.383 e. The number of hydrogen-bond donors (Lipinski definition) is 4. The number of alkyl halides is 1. The normalized spacial score (nSPS) is 13.6. The Morgan fingerprint density at radius 1 is 1.14 bits per heavy atom. The number of hydrogen-bond acceptors (Lipinski definition) is 8. The number of para-hydroxylation sites is 1. The molecule has 5 N–H and O–H groups in total. The SMILES string of the molecule is C=CC(=O)Nc1cccc(-c2cccc3c(N)nc(Nc4ccc(NC5CN(CCF)C5)nc4)nc23)c1. The number of benzene rings is 2. The van der Waals surface area contributed by atoms with Gasteiger partial charge in [0.05, 0.1) is 23.4 Å². The number of anilines is 5. The second-order valence-electron chi connectivity index (χ2n) is 8.76. The monoisotopic (exact) mass is 498 g/mol. The summed E-state index contributed by atoms with van der Waals surface area (Å²) in [5.41, 5.74) is 10.1. The Morgan fingerprint density at radius 2 is 1.97 bits per heavy atom. The van der Waals surface area contributed by atoms with Crippen molar-refractivity contribution >= 4 is 45.8 Å². The number of rotatable bonds is 9. The van der Waals surface area contributed by atoms with Gasteiger partial charge in [0, 0.05) is 36.3 Å². The lowest BCUT2D eigenvalue weighted by atomic mass is 10.0. The summed E-state index contributed by atoms with van der Waals surface area (Å²) in [5, 5.41) is 10.0. The average molecular weight is 499 g/mol. The summed E-state index contributed by atoms with van der Waals surface area (Å²) in [6, 6.07) is 17.2. The number of nitrogens with two attached hydrogens (primary N) is 1. The number of carbonyl (C=O) groups is 1. The Hall–Kier alpha value is -4.57. The summed E-state index contributed by atoms with van der Waals surface area (Å²) >= 11 is 0. The predicted octanol–water partition coefficient (Wildman–Crippen LogP) is 4.21. The number of pyridine rings is 1. The van der Waals surface area contributed by atoms with Crippen LogP contribution < -0.4 is 21.7 Å². The van der Waals surface area contributed by atoms with Gasteiger partial charge < -0.3 is 21.7 Å². The number of carbonyl (C=O) groups excluding carboxylic acids is 1. The number of aromatic nitrogens is 3. The van der Waals surface area contributed by atoms with Crippen LogP contribution in [0.5, 0.6) is 0 Å². The van der Waals surface area contributed by atoms with Crippen molar-refractivity contribution in [1.82, 2.24) is 19.9 Å². The molecule has 0 spiro atoms. The molecule has 3 heterocycles. The van der Waals surface area contributed by atoms with Crippen LogP contribution in [0.15, 0.2) is 73.4 Å². The van der Waals surface area contributed by atoms with E-state index in [1.807, 2.05) is 54.6 Å². The summed E-state index contributed by atoms with van der Waals surface area (Å²) in [5.74, 6) is 1.16. The number of fused-ring (bicyclic) bond motifs is 1. The molecule has 0 atom stereocenters. The molecule has 0 bridgehead atoms. The first-order chi connectivity index (χ1) is 18.0. The van der Waals surface area contributed by atoms with Gasteiger partial charge in [0.15, 0.2) is 0 Å². The van der Waals surface area contributed by atoms with E-state index in [4.69, 9.17) is 10.7 Å². The highest BCUT2D eigenvalue weighted by molar-refractivity contribution is 6.01. The standard InChI is InChI=1S/C27H27FN8O/c1-2-24(37)32-18-6-3-5-17(13-18)21-7-4-8-22-25(21)34-27(35-26(22)29)33-19-9-10-23(30-14-19)31-20-15-36(16-20)12-11-28/h2-10,13-14,20H,1,11-12,15-16H2,(H,30,31)(H,32,37)(H3,29,33,34,35). The topological polar surface area (TPSA) is 121 Å². The quantitative estimate of drug-likeness (QED) is 0.253. The fraction of sp³-hybridized carbons (Fsp3) is 0.185. The smallest absolute Gasteiger partial charge is 0.247 e. The van der Waals surface area contributed by atoms with Crippen LogP contribution in [0, 0.1) is 0 Å². The molecule has 1 amide bonds. The third-order valence-electron chi connectivity index (χ3n) is 6.11. The van der Waals surface area contributed by atoms with Crippen LogP contribution in [0.4, 0.5) is 33.3 Å². The molecule has 1 fully saturated rings. The molecular formula is C27H27FN8O. The van der Waals surface area contributed by atoms with Crippen LogP contribution in [0.25, 0.3) is 22.0 Å². The summed E-state index contributed by atoms with van der Waals surface area (Å²) in [6.07, 6.45) is 2.92. The van der Waals surface area contributed by atoms with Gasteiger partial charge in [-0.05, 0) is 42.0 Å². The van der Waals surface area contributed by atoms with Gasteiger partial charge in [-0.3, -0.25) is 9.69 Å². The Labute approximate surface area is 213 Å². The molecule has 9 nitrogen and oxygen atoms in total. The molecule has 0 unspecified atom stereocenters. The molecule has 2 aromatic carbocycles. The lowest BCUT2D eigenvalue weighted by molar-refractivity contribution is -0.111. The molecule has 4 aromatic rings. The molecule has 0 aliphatic carbocycles. The van der Waals surface area contributed by atoms with Crippen molar-refractivity contribution in [2.45, 2.75) is 6.04 Å². The van der Waals surface area contributed by atoms with E-state index >= 15 is 0 Å². The second kappa shape index (κ2) is 10.6. The van der Waals surface area contributed by atoms with E-state index in [1.54, 1.807) is 6.20 Å². The van der Waals surface area contributed by atoms with E-state index in [0.29, 0.717) is 35.2 Å². The Kier molecular flexibility index (Phi) is 6.91.